The Morgan fingerprint density at radius 1 is 1.03 bits per heavy atom. The molecule has 2 aromatic heterocycles. The lowest BCUT2D eigenvalue weighted by atomic mass is 10.1. The van der Waals surface area contributed by atoms with Crippen molar-refractivity contribution >= 4 is 12.0 Å². The van der Waals surface area contributed by atoms with E-state index in [1.54, 1.807) is 6.08 Å². The third-order valence-electron chi connectivity index (χ3n) is 6.35. The lowest BCUT2D eigenvalue weighted by molar-refractivity contribution is -0.127. The summed E-state index contributed by atoms with van der Waals surface area (Å²) in [6, 6.07) is 10.2. The highest BCUT2D eigenvalue weighted by Gasteiger charge is 2.22. The van der Waals surface area contributed by atoms with Crippen LogP contribution in [0.1, 0.15) is 35.1 Å². The molecule has 3 heterocycles. The van der Waals surface area contributed by atoms with Gasteiger partial charge in [-0.15, -0.1) is 0 Å². The molecule has 7 heteroatoms. The molecule has 0 radical (unpaired) electrons. The van der Waals surface area contributed by atoms with Gasteiger partial charge in [0.15, 0.2) is 0 Å². The van der Waals surface area contributed by atoms with E-state index >= 15 is 0 Å². The Labute approximate surface area is 189 Å². The second-order valence-corrected chi connectivity index (χ2v) is 8.33. The van der Waals surface area contributed by atoms with E-state index in [0.29, 0.717) is 0 Å². The molecule has 0 atom stereocenters. The first-order valence-electron chi connectivity index (χ1n) is 11.3. The van der Waals surface area contributed by atoms with Gasteiger partial charge in [0.05, 0.1) is 17.6 Å². The zero-order valence-electron chi connectivity index (χ0n) is 19.5. The van der Waals surface area contributed by atoms with Crippen LogP contribution in [0.5, 0.6) is 0 Å². The first-order valence-corrected chi connectivity index (χ1v) is 11.3. The summed E-state index contributed by atoms with van der Waals surface area (Å²) in [5, 5.41) is 9.10. The minimum atomic E-state index is 0.0672. The van der Waals surface area contributed by atoms with E-state index in [-0.39, 0.29) is 5.91 Å². The first-order chi connectivity index (χ1) is 15.5. The number of benzene rings is 1. The molecular weight excluding hydrogens is 400 g/mol. The summed E-state index contributed by atoms with van der Waals surface area (Å²) in [4.78, 5) is 17.0. The average Bonchev–Trinajstić information content (AvgIpc) is 3.32. The number of nitrogens with zero attached hydrogens (tertiary/aromatic N) is 6. The van der Waals surface area contributed by atoms with Crippen molar-refractivity contribution in [1.82, 2.24) is 29.4 Å². The average molecular weight is 433 g/mol. The number of hydrogen-bond donors (Lipinski definition) is 0. The van der Waals surface area contributed by atoms with Crippen LogP contribution in [-0.2, 0) is 17.9 Å². The Kier molecular flexibility index (Phi) is 6.55. The van der Waals surface area contributed by atoms with Gasteiger partial charge < -0.3 is 4.90 Å². The molecule has 0 N–H and O–H groups in total. The molecule has 168 valence electrons. The minimum absolute atomic E-state index is 0.0672. The maximum atomic E-state index is 12.7. The molecule has 1 amide bonds. The SMILES string of the molecule is CCn1ncc(/C=C/C(=O)N2CCN(Cc3c(C)nn(-c4ccccc4)c3C)CC2)c1C. The number of piperazine rings is 1. The van der Waals surface area contributed by atoms with Crippen LogP contribution < -0.4 is 0 Å². The largest absolute Gasteiger partial charge is 0.337 e. The molecule has 3 aromatic rings. The van der Waals surface area contributed by atoms with Crippen LogP contribution in [0.15, 0.2) is 42.6 Å². The van der Waals surface area contributed by atoms with Gasteiger partial charge in [0.2, 0.25) is 5.91 Å². The van der Waals surface area contributed by atoms with Crippen LogP contribution in [0.25, 0.3) is 11.8 Å². The maximum Gasteiger partial charge on any atom is 0.246 e. The number of aromatic nitrogens is 4. The van der Waals surface area contributed by atoms with Crippen molar-refractivity contribution in [2.24, 2.45) is 0 Å². The molecule has 0 bridgehead atoms. The Morgan fingerprint density at radius 3 is 2.41 bits per heavy atom. The molecule has 1 aliphatic heterocycles. The molecule has 0 aliphatic carbocycles. The fraction of sp³-hybridized carbons (Fsp3) is 0.400. The summed E-state index contributed by atoms with van der Waals surface area (Å²) < 4.78 is 3.96. The molecule has 7 nitrogen and oxygen atoms in total. The van der Waals surface area contributed by atoms with Crippen molar-refractivity contribution in [2.75, 3.05) is 26.2 Å². The number of amides is 1. The van der Waals surface area contributed by atoms with Crippen molar-refractivity contribution in [1.29, 1.82) is 0 Å². The summed E-state index contributed by atoms with van der Waals surface area (Å²) >= 11 is 0. The van der Waals surface area contributed by atoms with Gasteiger partial charge in [0.1, 0.15) is 0 Å². The normalized spacial score (nSPS) is 15.1. The quantitative estimate of drug-likeness (QED) is 0.561. The van der Waals surface area contributed by atoms with Crippen LogP contribution in [0.3, 0.4) is 0 Å². The number of carbonyl (C=O) groups is 1. The number of hydrogen-bond acceptors (Lipinski definition) is 4. The highest BCUT2D eigenvalue weighted by atomic mass is 16.2. The molecule has 1 aliphatic rings. The Bertz CT molecular complexity index is 1100. The first kappa shape index (κ1) is 22.0. The molecular formula is C25H32N6O. The molecule has 1 fully saturated rings. The van der Waals surface area contributed by atoms with Crippen LogP contribution >= 0.6 is 0 Å². The second-order valence-electron chi connectivity index (χ2n) is 8.33. The molecule has 0 saturated carbocycles. The monoisotopic (exact) mass is 432 g/mol. The van der Waals surface area contributed by atoms with Crippen molar-refractivity contribution in [3.05, 3.63) is 70.8 Å². The van der Waals surface area contributed by atoms with Gasteiger partial charge in [-0.05, 0) is 45.9 Å². The molecule has 1 saturated heterocycles. The van der Waals surface area contributed by atoms with Gasteiger partial charge in [0.25, 0.3) is 0 Å². The van der Waals surface area contributed by atoms with Gasteiger partial charge in [-0.2, -0.15) is 10.2 Å². The summed E-state index contributed by atoms with van der Waals surface area (Å²) in [6.07, 6.45) is 5.38. The number of rotatable bonds is 6. The fourth-order valence-electron chi connectivity index (χ4n) is 4.28. The molecule has 32 heavy (non-hydrogen) atoms. The standard InChI is InChI=1S/C25H32N6O/c1-5-30-20(3)22(17-26-30)11-12-25(32)29-15-13-28(14-16-29)18-24-19(2)27-31(21(24)4)23-9-7-6-8-10-23/h6-12,17H,5,13-16,18H2,1-4H3/b12-11+. The van der Waals surface area contributed by atoms with E-state index in [1.807, 2.05) is 51.7 Å². The van der Waals surface area contributed by atoms with Crippen molar-refractivity contribution in [3.63, 3.8) is 0 Å². The van der Waals surface area contributed by atoms with Crippen molar-refractivity contribution in [3.8, 4) is 5.69 Å². The topological polar surface area (TPSA) is 59.2 Å². The van der Waals surface area contributed by atoms with Gasteiger partial charge in [-0.25, -0.2) is 4.68 Å². The van der Waals surface area contributed by atoms with E-state index in [0.717, 1.165) is 61.9 Å². The lowest BCUT2D eigenvalue weighted by Gasteiger charge is -2.34. The van der Waals surface area contributed by atoms with Crippen LogP contribution in [-0.4, -0.2) is 61.4 Å². The fourth-order valence-corrected chi connectivity index (χ4v) is 4.28. The predicted octanol–water partition coefficient (Wildman–Crippen LogP) is 3.37. The van der Waals surface area contributed by atoms with Crippen LogP contribution in [0.2, 0.25) is 0 Å². The Morgan fingerprint density at radius 2 is 1.75 bits per heavy atom. The number of aryl methyl sites for hydroxylation is 2. The second kappa shape index (κ2) is 9.53. The zero-order chi connectivity index (χ0) is 22.7. The van der Waals surface area contributed by atoms with Crippen molar-refractivity contribution < 1.29 is 4.79 Å². The molecule has 0 spiro atoms. The number of carbonyl (C=O) groups excluding carboxylic acids is 1. The Balaban J connectivity index is 1.35. The number of para-hydroxylation sites is 1. The highest BCUT2D eigenvalue weighted by Crippen LogP contribution is 2.20. The van der Waals surface area contributed by atoms with Crippen LogP contribution in [0.4, 0.5) is 0 Å². The smallest absolute Gasteiger partial charge is 0.246 e. The van der Waals surface area contributed by atoms with E-state index in [4.69, 9.17) is 5.10 Å². The maximum absolute atomic E-state index is 12.7. The van der Waals surface area contributed by atoms with Gasteiger partial charge in [-0.3, -0.25) is 14.4 Å². The molecule has 4 rings (SSSR count). The van der Waals surface area contributed by atoms with Crippen molar-refractivity contribution in [2.45, 2.75) is 40.8 Å². The van der Waals surface area contributed by atoms with Gasteiger partial charge >= 0.3 is 0 Å². The summed E-state index contributed by atoms with van der Waals surface area (Å²) in [7, 11) is 0. The predicted molar refractivity (Wildman–Crippen MR) is 127 cm³/mol. The molecule has 1 aromatic carbocycles. The van der Waals surface area contributed by atoms with E-state index in [1.165, 1.54) is 11.3 Å². The minimum Gasteiger partial charge on any atom is -0.337 e. The summed E-state index contributed by atoms with van der Waals surface area (Å²) in [5.41, 5.74) is 6.69. The van der Waals surface area contributed by atoms with Gasteiger partial charge in [-0.1, -0.05) is 18.2 Å². The summed E-state index contributed by atoms with van der Waals surface area (Å²) in [6.45, 7) is 13.2. The van der Waals surface area contributed by atoms with Gasteiger partial charge in [0, 0.05) is 67.9 Å². The van der Waals surface area contributed by atoms with E-state index in [9.17, 15) is 4.79 Å². The molecule has 0 unspecified atom stereocenters. The third kappa shape index (κ3) is 4.53. The van der Waals surface area contributed by atoms with E-state index in [2.05, 4.69) is 42.9 Å². The zero-order valence-corrected chi connectivity index (χ0v) is 19.5. The lowest BCUT2D eigenvalue weighted by Crippen LogP contribution is -2.47. The van der Waals surface area contributed by atoms with Crippen LogP contribution in [0, 0.1) is 20.8 Å². The summed E-state index contributed by atoms with van der Waals surface area (Å²) in [5.74, 6) is 0.0672. The van der Waals surface area contributed by atoms with E-state index < -0.39 is 0 Å². The highest BCUT2D eigenvalue weighted by molar-refractivity contribution is 5.92. The third-order valence-corrected chi connectivity index (χ3v) is 6.35. The Hall–Kier alpha value is -3.19.